The third kappa shape index (κ3) is 4.40. The average Bonchev–Trinajstić information content (AvgIpc) is 3.45. The van der Waals surface area contributed by atoms with Gasteiger partial charge in [0.2, 0.25) is 5.91 Å². The van der Waals surface area contributed by atoms with Crippen molar-refractivity contribution in [1.82, 2.24) is 5.32 Å². The second-order valence-electron chi connectivity index (χ2n) is 20.3. The molecular weight excluding hydrogens is 598 g/mol. The Bertz CT molecular complexity index is 1430. The maximum atomic E-state index is 14.5. The topological polar surface area (TPSA) is 101 Å². The quantitative estimate of drug-likeness (QED) is 0.219. The van der Waals surface area contributed by atoms with Crippen molar-refractivity contribution in [1.29, 1.82) is 0 Å². The lowest BCUT2D eigenvalue weighted by Gasteiger charge is -2.73. The molecule has 1 amide bonds. The van der Waals surface area contributed by atoms with Crippen molar-refractivity contribution in [2.45, 2.75) is 152 Å². The minimum Gasteiger partial charge on any atom is -0.480 e. The van der Waals surface area contributed by atoms with E-state index < -0.39 is 33.7 Å². The number of ketones is 2. The molecule has 11 atom stereocenters. The third-order valence-electron chi connectivity index (χ3n) is 17.2. The van der Waals surface area contributed by atoms with E-state index in [-0.39, 0.29) is 51.5 Å². The van der Waals surface area contributed by atoms with Gasteiger partial charge in [0.15, 0.2) is 5.78 Å². The van der Waals surface area contributed by atoms with E-state index >= 15 is 0 Å². The van der Waals surface area contributed by atoms with Crippen LogP contribution < -0.4 is 5.32 Å². The Morgan fingerprint density at radius 1 is 0.854 bits per heavy atom. The van der Waals surface area contributed by atoms with Crippen molar-refractivity contribution in [3.05, 3.63) is 12.2 Å². The van der Waals surface area contributed by atoms with Gasteiger partial charge in [-0.05, 0) is 135 Å². The zero-order chi connectivity index (χ0) is 35.6. The smallest absolute Gasteiger partial charge is 0.326 e. The van der Waals surface area contributed by atoms with Crippen LogP contribution in [0.25, 0.3) is 0 Å². The molecule has 6 aliphatic rings. The summed E-state index contributed by atoms with van der Waals surface area (Å²) < 4.78 is 0. The van der Waals surface area contributed by atoms with Crippen LogP contribution >= 0.6 is 0 Å². The van der Waals surface area contributed by atoms with E-state index in [1.807, 2.05) is 27.7 Å². The van der Waals surface area contributed by atoms with E-state index in [0.29, 0.717) is 37.0 Å². The molecule has 6 fully saturated rings. The number of hydrogen-bond acceptors (Lipinski definition) is 4. The Hall–Kier alpha value is -1.98. The molecule has 2 N–H and O–H groups in total. The highest BCUT2D eigenvalue weighted by Gasteiger charge is 2.76. The summed E-state index contributed by atoms with van der Waals surface area (Å²) in [6.45, 7) is 26.7. The summed E-state index contributed by atoms with van der Waals surface area (Å²) in [5, 5.41) is 13.1. The Morgan fingerprint density at radius 3 is 2.08 bits per heavy atom. The number of amides is 1. The van der Waals surface area contributed by atoms with Crippen LogP contribution in [0, 0.1) is 73.4 Å². The van der Waals surface area contributed by atoms with Crippen LogP contribution in [-0.4, -0.2) is 34.6 Å². The zero-order valence-corrected chi connectivity index (χ0v) is 31.8. The average molecular weight is 664 g/mol. The maximum Gasteiger partial charge on any atom is 0.326 e. The van der Waals surface area contributed by atoms with Gasteiger partial charge in [0.1, 0.15) is 11.8 Å². The molecule has 0 aromatic rings. The second-order valence-corrected chi connectivity index (χ2v) is 20.3. The number of hydrogen-bond donors (Lipinski definition) is 2. The van der Waals surface area contributed by atoms with Crippen LogP contribution in [0.4, 0.5) is 0 Å². The van der Waals surface area contributed by atoms with Crippen LogP contribution in [0.1, 0.15) is 146 Å². The molecule has 48 heavy (non-hydrogen) atoms. The predicted molar refractivity (Wildman–Crippen MR) is 189 cm³/mol. The summed E-state index contributed by atoms with van der Waals surface area (Å²) in [6.07, 6.45) is 10.2. The molecule has 0 saturated heterocycles. The summed E-state index contributed by atoms with van der Waals surface area (Å²) in [4.78, 5) is 54.8. The number of carbonyl (C=O) groups is 4. The highest BCUT2D eigenvalue weighted by Crippen LogP contribution is 2.79. The number of aliphatic carboxylic acids is 1. The Morgan fingerprint density at radius 2 is 1.52 bits per heavy atom. The highest BCUT2D eigenvalue weighted by molar-refractivity contribution is 6.16. The molecule has 6 rings (SSSR count). The Balaban J connectivity index is 1.35. The number of nitrogens with one attached hydrogen (secondary N) is 1. The van der Waals surface area contributed by atoms with E-state index in [9.17, 15) is 24.3 Å². The molecule has 0 heterocycles. The third-order valence-corrected chi connectivity index (χ3v) is 17.2. The second kappa shape index (κ2) is 11.0. The number of allylic oxidation sites excluding steroid dienone is 1. The van der Waals surface area contributed by atoms with Crippen molar-refractivity contribution in [3.63, 3.8) is 0 Å². The Kier molecular flexibility index (Phi) is 8.22. The standard InChI is InChI=1S/C42H65NO5/c1-24(2)22-28(33(45)46)43-35(48)41-17-14-26(25(3)4)32(41)27-12-13-30-38(9)18-21-42(31(44)23-36(5,6)34(42)47)37(7,8)29(38)15-16-40(30,11)39(27,10)19-20-41/h24,26-30,32H,3,12-23H2,1-2,4-11H3,(H,43,48)(H,45,46)/t26-,27+,28-,29-,30?,32+,38-,39+,40+,41-,42+/m0/s1. The van der Waals surface area contributed by atoms with Gasteiger partial charge in [0.05, 0.1) is 10.8 Å². The normalized spacial score (nSPS) is 46.4. The van der Waals surface area contributed by atoms with Crippen molar-refractivity contribution in [2.75, 3.05) is 0 Å². The molecule has 1 spiro atoms. The van der Waals surface area contributed by atoms with Gasteiger partial charge in [-0.3, -0.25) is 14.4 Å². The summed E-state index contributed by atoms with van der Waals surface area (Å²) in [5.41, 5.74) is -1.12. The zero-order valence-electron chi connectivity index (χ0n) is 31.8. The molecule has 1 unspecified atom stereocenters. The molecule has 0 radical (unpaired) electrons. The number of fused-ring (bicyclic) bond motifs is 7. The number of carboxylic acids is 1. The molecule has 0 aromatic heterocycles. The molecule has 268 valence electrons. The molecule has 0 bridgehead atoms. The molecule has 0 aromatic carbocycles. The van der Waals surface area contributed by atoms with Crippen molar-refractivity contribution in [2.24, 2.45) is 73.4 Å². The van der Waals surface area contributed by atoms with Gasteiger partial charge in [-0.15, -0.1) is 0 Å². The van der Waals surface area contributed by atoms with Crippen molar-refractivity contribution in [3.8, 4) is 0 Å². The minimum atomic E-state index is -0.945. The van der Waals surface area contributed by atoms with E-state index in [2.05, 4.69) is 53.4 Å². The lowest BCUT2D eigenvalue weighted by molar-refractivity contribution is -0.247. The van der Waals surface area contributed by atoms with Gasteiger partial charge >= 0.3 is 5.97 Å². The summed E-state index contributed by atoms with van der Waals surface area (Å²) in [5.74, 6) is 1.11. The van der Waals surface area contributed by atoms with E-state index in [1.54, 1.807) is 0 Å². The fourth-order valence-electron chi connectivity index (χ4n) is 14.7. The summed E-state index contributed by atoms with van der Waals surface area (Å²) >= 11 is 0. The number of carboxylic acid groups (broad SMARTS) is 1. The molecule has 6 heteroatoms. The van der Waals surface area contributed by atoms with Crippen molar-refractivity contribution >= 4 is 23.4 Å². The van der Waals surface area contributed by atoms with Crippen molar-refractivity contribution < 1.29 is 24.3 Å². The number of carbonyl (C=O) groups excluding carboxylic acids is 3. The fourth-order valence-corrected chi connectivity index (χ4v) is 14.7. The first-order valence-corrected chi connectivity index (χ1v) is 19.3. The molecule has 6 nitrogen and oxygen atoms in total. The monoisotopic (exact) mass is 663 g/mol. The fraction of sp³-hybridized carbons (Fsp3) is 0.857. The summed E-state index contributed by atoms with van der Waals surface area (Å²) in [7, 11) is 0. The lowest BCUT2D eigenvalue weighted by Crippen LogP contribution is -2.69. The van der Waals surface area contributed by atoms with Gasteiger partial charge in [-0.25, -0.2) is 4.79 Å². The summed E-state index contributed by atoms with van der Waals surface area (Å²) in [6, 6.07) is -0.865. The first-order valence-electron chi connectivity index (χ1n) is 19.3. The van der Waals surface area contributed by atoms with Gasteiger partial charge in [0.25, 0.3) is 0 Å². The first-order chi connectivity index (χ1) is 22.1. The largest absolute Gasteiger partial charge is 0.480 e. The van der Waals surface area contributed by atoms with Crippen LogP contribution in [0.15, 0.2) is 12.2 Å². The van der Waals surface area contributed by atoms with Gasteiger partial charge in [-0.1, -0.05) is 74.5 Å². The van der Waals surface area contributed by atoms with Crippen LogP contribution in [0.2, 0.25) is 0 Å². The van der Waals surface area contributed by atoms with E-state index in [4.69, 9.17) is 0 Å². The molecular formula is C42H65NO5. The van der Waals surface area contributed by atoms with Gasteiger partial charge < -0.3 is 10.4 Å². The van der Waals surface area contributed by atoms with Crippen LogP contribution in [-0.2, 0) is 19.2 Å². The highest BCUT2D eigenvalue weighted by atomic mass is 16.4. The van der Waals surface area contributed by atoms with E-state index in [0.717, 1.165) is 63.4 Å². The maximum absolute atomic E-state index is 14.5. The van der Waals surface area contributed by atoms with Crippen LogP contribution in [0.3, 0.4) is 0 Å². The van der Waals surface area contributed by atoms with Gasteiger partial charge in [0, 0.05) is 11.8 Å². The van der Waals surface area contributed by atoms with E-state index in [1.165, 1.54) is 0 Å². The predicted octanol–water partition coefficient (Wildman–Crippen LogP) is 8.81. The molecule has 6 saturated carbocycles. The Labute approximate surface area is 290 Å². The lowest BCUT2D eigenvalue weighted by atomic mass is 9.30. The molecule has 0 aliphatic heterocycles. The van der Waals surface area contributed by atoms with Crippen LogP contribution in [0.5, 0.6) is 0 Å². The minimum absolute atomic E-state index is 0.0286. The first kappa shape index (κ1) is 35.8. The van der Waals surface area contributed by atoms with Gasteiger partial charge in [-0.2, -0.15) is 0 Å². The molecule has 6 aliphatic carbocycles. The SMILES string of the molecule is C=C(C)[C@@H]1CC[C@]2(C(=O)N[C@@H](CC(C)C)C(=O)O)CC[C@]3(C)[C@H](CCC4[C@@]5(C)CC[C@]6(C(=O)CC(C)(C)C6=O)C(C)(C)[C@@H]5CC[C@]43C)[C@@H]12. The number of Topliss-reactive ketones (excluding diaryl/α,β-unsaturated/α-hetero) is 2. The number of rotatable bonds is 6.